The molecule has 101 heavy (non-hydrogen) atoms. The number of hydrogen-bond acceptors (Lipinski definition) is 3. The number of para-hydroxylation sites is 1. The van der Waals surface area contributed by atoms with Gasteiger partial charge in [0.2, 0.25) is 0 Å². The van der Waals surface area contributed by atoms with E-state index in [1.165, 1.54) is 110 Å². The van der Waals surface area contributed by atoms with E-state index < -0.39 is 21.6 Å². The second kappa shape index (κ2) is 24.5. The van der Waals surface area contributed by atoms with Crippen molar-refractivity contribution in [2.24, 2.45) is 0 Å². The van der Waals surface area contributed by atoms with Crippen molar-refractivity contribution in [3.63, 3.8) is 0 Å². The molecule has 0 unspecified atom stereocenters. The molecule has 0 saturated carbocycles. The molecule has 0 amide bonds. The summed E-state index contributed by atoms with van der Waals surface area (Å²) in [4.78, 5) is 5.15. The lowest BCUT2D eigenvalue weighted by atomic mass is 9.67. The van der Waals surface area contributed by atoms with Gasteiger partial charge in [-0.15, -0.1) is 0 Å². The van der Waals surface area contributed by atoms with E-state index in [1.807, 2.05) is 0 Å². The van der Waals surface area contributed by atoms with Gasteiger partial charge in [0, 0.05) is 44.5 Å². The summed E-state index contributed by atoms with van der Waals surface area (Å²) in [5.41, 5.74) is 29.6. The van der Waals surface area contributed by atoms with Gasteiger partial charge in [0.25, 0.3) is 0 Å². The van der Waals surface area contributed by atoms with E-state index in [1.54, 1.807) is 0 Å². The zero-order chi connectivity index (χ0) is 69.1. The standard InChI is InChI=1S/C96H84N2OSi2/c1-11-63-57-67(65-29-17-13-18-30-65)41-53-77(63)78-55-47-73(58-64(78)12-2)98(72-45-51-76(52-46-72)101(8,9)10)89-62-87-93(94-92(89)83-39-27-28-40-90(83)99-94)91-82-38-26-25-37-81(82)88(61-86(91)96(87,69-33-21-15-22-34-69)70-35-23-16-24-36-70)97(71-43-49-75(50-44-71)100(5,6)7)74-48-56-80-79-54-42-68(66-31-19-14-20-32-66)59-84(79)95(3,4)85(80)60-74/h13-62H,11-12H2,1-10H3. The van der Waals surface area contributed by atoms with Crippen LogP contribution in [0.3, 0.4) is 0 Å². The molecular formula is C96H84N2OSi2. The van der Waals surface area contributed by atoms with Crippen LogP contribution >= 0.6 is 0 Å². The first-order valence-electron chi connectivity index (χ1n) is 36.2. The van der Waals surface area contributed by atoms with E-state index in [9.17, 15) is 0 Å². The number of fused-ring (bicyclic) bond motifs is 12. The Hall–Kier alpha value is -10.8. The van der Waals surface area contributed by atoms with Crippen LogP contribution in [0.25, 0.3) is 88.3 Å². The van der Waals surface area contributed by atoms with E-state index in [4.69, 9.17) is 4.42 Å². The molecule has 0 saturated heterocycles. The highest BCUT2D eigenvalue weighted by atomic mass is 28.3. The summed E-state index contributed by atoms with van der Waals surface area (Å²) >= 11 is 0. The van der Waals surface area contributed by atoms with Crippen LogP contribution in [0.5, 0.6) is 0 Å². The van der Waals surface area contributed by atoms with Crippen molar-refractivity contribution < 1.29 is 4.42 Å². The Morgan fingerprint density at radius 3 is 1.30 bits per heavy atom. The second-order valence-electron chi connectivity index (χ2n) is 30.5. The minimum atomic E-state index is -1.72. The molecule has 0 bridgehead atoms. The highest BCUT2D eigenvalue weighted by molar-refractivity contribution is 6.89. The summed E-state index contributed by atoms with van der Waals surface area (Å²) < 4.78 is 7.73. The lowest BCUT2D eigenvalue weighted by Crippen LogP contribution is -2.37. The SMILES string of the molecule is CCc1cc(-c2ccccc2)ccc1-c1ccc(N(c2ccc([Si](C)(C)C)cc2)c2cc3c(c4oc5ccccc5c24)-c2c(cc(N(c4ccc([Si](C)(C)C)cc4)c4ccc5c(c4)C(C)(C)c4cc(-c6ccccc6)ccc4-5)c4ccccc24)C3(c2ccccc2)c2ccccc2)cc1CC. The van der Waals surface area contributed by atoms with Gasteiger partial charge in [0.15, 0.2) is 0 Å². The molecule has 0 N–H and O–H groups in total. The predicted octanol–water partition coefficient (Wildman–Crippen LogP) is 25.6. The first kappa shape index (κ1) is 63.6. The second-order valence-corrected chi connectivity index (χ2v) is 40.7. The molecular weight excluding hydrogens is 1250 g/mol. The minimum absolute atomic E-state index is 0.288. The fourth-order valence-corrected chi connectivity index (χ4v) is 19.3. The summed E-state index contributed by atoms with van der Waals surface area (Å²) in [6.45, 7) is 24.1. The van der Waals surface area contributed by atoms with E-state index in [0.717, 1.165) is 79.9 Å². The maximum Gasteiger partial charge on any atom is 0.145 e. The Labute approximate surface area is 597 Å². The van der Waals surface area contributed by atoms with Crippen molar-refractivity contribution in [3.8, 4) is 55.6 Å². The summed E-state index contributed by atoms with van der Waals surface area (Å²) in [7, 11) is -3.42. The Morgan fingerprint density at radius 2 is 0.743 bits per heavy atom. The molecule has 0 fully saturated rings. The molecule has 492 valence electrons. The predicted molar refractivity (Wildman–Crippen MR) is 436 cm³/mol. The molecule has 0 atom stereocenters. The molecule has 1 heterocycles. The van der Waals surface area contributed by atoms with Crippen molar-refractivity contribution in [2.75, 3.05) is 9.80 Å². The lowest BCUT2D eigenvalue weighted by molar-refractivity contribution is 0.660. The van der Waals surface area contributed by atoms with Crippen molar-refractivity contribution in [3.05, 3.63) is 348 Å². The van der Waals surface area contributed by atoms with E-state index >= 15 is 0 Å². The van der Waals surface area contributed by atoms with Crippen LogP contribution in [-0.4, -0.2) is 16.1 Å². The Bertz CT molecular complexity index is 5660. The van der Waals surface area contributed by atoms with Crippen LogP contribution < -0.4 is 20.2 Å². The van der Waals surface area contributed by atoms with Gasteiger partial charge in [0.1, 0.15) is 11.2 Å². The summed E-state index contributed by atoms with van der Waals surface area (Å²) in [5.74, 6) is 0. The van der Waals surface area contributed by atoms with Gasteiger partial charge in [-0.3, -0.25) is 0 Å². The zero-order valence-corrected chi connectivity index (χ0v) is 61.6. The molecule has 1 aromatic heterocycles. The number of benzene rings is 14. The number of furan rings is 1. The molecule has 2 aliphatic rings. The fraction of sp³-hybridized carbons (Fsp3) is 0.146. The smallest absolute Gasteiger partial charge is 0.145 e. The molecule has 0 spiro atoms. The van der Waals surface area contributed by atoms with Gasteiger partial charge >= 0.3 is 0 Å². The zero-order valence-electron chi connectivity index (χ0n) is 59.6. The molecule has 0 radical (unpaired) electrons. The highest BCUT2D eigenvalue weighted by Gasteiger charge is 2.50. The third-order valence-electron chi connectivity index (χ3n) is 22.2. The largest absolute Gasteiger partial charge is 0.455 e. The number of nitrogens with zero attached hydrogens (tertiary/aromatic N) is 2. The third kappa shape index (κ3) is 10.4. The van der Waals surface area contributed by atoms with Crippen LogP contribution in [-0.2, 0) is 23.7 Å². The average molecular weight is 1340 g/mol. The number of rotatable bonds is 15. The Morgan fingerprint density at radius 1 is 0.327 bits per heavy atom. The van der Waals surface area contributed by atoms with Gasteiger partial charge < -0.3 is 14.2 Å². The first-order chi connectivity index (χ1) is 49.0. The van der Waals surface area contributed by atoms with Crippen LogP contribution in [0.15, 0.2) is 308 Å². The highest BCUT2D eigenvalue weighted by Crippen LogP contribution is 2.64. The van der Waals surface area contributed by atoms with Gasteiger partial charge in [-0.25, -0.2) is 0 Å². The van der Waals surface area contributed by atoms with E-state index in [-0.39, 0.29) is 5.41 Å². The minimum Gasteiger partial charge on any atom is -0.455 e. The topological polar surface area (TPSA) is 19.6 Å². The molecule has 0 aliphatic heterocycles. The summed E-state index contributed by atoms with van der Waals surface area (Å²) in [6.07, 6.45) is 1.77. The van der Waals surface area contributed by atoms with Crippen molar-refractivity contribution in [1.82, 2.24) is 0 Å². The fourth-order valence-electron chi connectivity index (χ4n) is 17.0. The lowest BCUT2D eigenvalue weighted by Gasteiger charge is -2.36. The Balaban J connectivity index is 0.948. The molecule has 14 aromatic carbocycles. The molecule has 5 heteroatoms. The van der Waals surface area contributed by atoms with Gasteiger partial charge in [-0.2, -0.15) is 0 Å². The third-order valence-corrected chi connectivity index (χ3v) is 26.4. The van der Waals surface area contributed by atoms with Crippen LogP contribution in [0, 0.1) is 0 Å². The Kier molecular flexibility index (Phi) is 15.4. The number of anilines is 6. The average Bonchev–Trinajstić information content (AvgIpc) is 1.51. The molecule has 2 aliphatic carbocycles. The van der Waals surface area contributed by atoms with E-state index in [0.29, 0.717) is 0 Å². The van der Waals surface area contributed by atoms with E-state index in [2.05, 4.69) is 380 Å². The van der Waals surface area contributed by atoms with Crippen molar-refractivity contribution in [1.29, 1.82) is 0 Å². The van der Waals surface area contributed by atoms with Crippen LogP contribution in [0.2, 0.25) is 39.3 Å². The normalized spacial score (nSPS) is 13.5. The van der Waals surface area contributed by atoms with Crippen LogP contribution in [0.1, 0.15) is 72.2 Å². The van der Waals surface area contributed by atoms with Gasteiger partial charge in [-0.1, -0.05) is 308 Å². The van der Waals surface area contributed by atoms with Crippen LogP contribution in [0.4, 0.5) is 34.1 Å². The summed E-state index contributed by atoms with van der Waals surface area (Å²) in [6, 6.07) is 115. The van der Waals surface area contributed by atoms with Gasteiger partial charge in [0.05, 0.1) is 38.3 Å². The monoisotopic (exact) mass is 1340 g/mol. The maximum atomic E-state index is 7.73. The van der Waals surface area contributed by atoms with Crippen molar-refractivity contribution >= 4 is 93.4 Å². The quantitative estimate of drug-likeness (QED) is 0.0954. The first-order valence-corrected chi connectivity index (χ1v) is 43.2. The number of aryl methyl sites for hydroxylation is 2. The summed E-state index contributed by atoms with van der Waals surface area (Å²) in [5, 5.41) is 7.33. The number of hydrogen-bond donors (Lipinski definition) is 0. The molecule has 3 nitrogen and oxygen atoms in total. The van der Waals surface area contributed by atoms with Gasteiger partial charge in [-0.05, 0) is 186 Å². The molecule has 17 rings (SSSR count). The maximum absolute atomic E-state index is 7.73. The van der Waals surface area contributed by atoms with Crippen molar-refractivity contribution in [2.45, 2.75) is 90.6 Å². The molecule has 15 aromatic rings.